The van der Waals surface area contributed by atoms with Crippen molar-refractivity contribution in [2.45, 2.75) is 80.5 Å². The van der Waals surface area contributed by atoms with Gasteiger partial charge in [0.15, 0.2) is 0 Å². The summed E-state index contributed by atoms with van der Waals surface area (Å²) in [6, 6.07) is 18.4. The zero-order chi connectivity index (χ0) is 19.5. The van der Waals surface area contributed by atoms with E-state index in [4.69, 9.17) is 0 Å². The maximum atomic E-state index is 2.32. The minimum atomic E-state index is 0.250. The first-order valence-corrected chi connectivity index (χ1v) is 11.2. The highest BCUT2D eigenvalue weighted by Crippen LogP contribution is 2.32. The monoisotopic (exact) mass is 384 g/mol. The molecular formula is C23H33BS2. The summed E-state index contributed by atoms with van der Waals surface area (Å²) >= 11 is 3.86. The van der Waals surface area contributed by atoms with Crippen LogP contribution in [0.15, 0.2) is 58.3 Å². The summed E-state index contributed by atoms with van der Waals surface area (Å²) in [7, 11) is 0. The Morgan fingerprint density at radius 1 is 0.615 bits per heavy atom. The highest BCUT2D eigenvalue weighted by Gasteiger charge is 2.23. The molecular weight excluding hydrogens is 351 g/mol. The lowest BCUT2D eigenvalue weighted by atomic mass is 9.34. The van der Waals surface area contributed by atoms with Gasteiger partial charge in [-0.05, 0) is 24.3 Å². The van der Waals surface area contributed by atoms with Gasteiger partial charge in [0.1, 0.15) is 0 Å². The van der Waals surface area contributed by atoms with Gasteiger partial charge < -0.3 is 0 Å². The molecule has 0 spiro atoms. The van der Waals surface area contributed by atoms with Crippen molar-refractivity contribution in [3.05, 3.63) is 48.5 Å². The molecule has 2 rings (SSSR count). The van der Waals surface area contributed by atoms with Crippen molar-refractivity contribution < 1.29 is 0 Å². The molecule has 0 bridgehead atoms. The van der Waals surface area contributed by atoms with Crippen LogP contribution in [-0.2, 0) is 0 Å². The fourth-order valence-electron chi connectivity index (χ4n) is 3.16. The van der Waals surface area contributed by atoms with E-state index < -0.39 is 0 Å². The molecule has 0 saturated carbocycles. The van der Waals surface area contributed by atoms with E-state index in [9.17, 15) is 0 Å². The summed E-state index contributed by atoms with van der Waals surface area (Å²) in [6.07, 6.45) is 0. The van der Waals surface area contributed by atoms with Crippen molar-refractivity contribution >= 4 is 41.2 Å². The zero-order valence-electron chi connectivity index (χ0n) is 17.6. The van der Waals surface area contributed by atoms with Crippen molar-refractivity contribution in [2.75, 3.05) is 0 Å². The molecule has 0 aromatic heterocycles. The number of hydrogen-bond donors (Lipinski definition) is 0. The Morgan fingerprint density at radius 2 is 0.923 bits per heavy atom. The van der Waals surface area contributed by atoms with E-state index in [0.717, 1.165) is 0 Å². The summed E-state index contributed by atoms with van der Waals surface area (Å²) in [5.74, 6) is 0.567. The average Bonchev–Trinajstić information content (AvgIpc) is 2.47. The van der Waals surface area contributed by atoms with E-state index in [2.05, 4.69) is 104 Å². The molecule has 3 heteroatoms. The highest BCUT2D eigenvalue weighted by atomic mass is 32.2. The van der Waals surface area contributed by atoms with Crippen LogP contribution < -0.4 is 10.9 Å². The minimum Gasteiger partial charge on any atom is -0.120 e. The van der Waals surface area contributed by atoms with E-state index >= 15 is 0 Å². The van der Waals surface area contributed by atoms with Gasteiger partial charge in [0, 0.05) is 19.3 Å². The maximum absolute atomic E-state index is 2.32. The average molecular weight is 384 g/mol. The highest BCUT2D eigenvalue weighted by molar-refractivity contribution is 8.00. The molecule has 0 aliphatic carbocycles. The largest absolute Gasteiger partial charge is 0.211 e. The summed E-state index contributed by atoms with van der Waals surface area (Å²) in [5, 5.41) is 0. The molecule has 0 saturated heterocycles. The van der Waals surface area contributed by atoms with Crippen molar-refractivity contribution in [1.82, 2.24) is 0 Å². The third-order valence-electron chi connectivity index (χ3n) is 3.99. The first kappa shape index (κ1) is 21.5. The van der Waals surface area contributed by atoms with Crippen molar-refractivity contribution in [3.8, 4) is 0 Å². The summed E-state index contributed by atoms with van der Waals surface area (Å²) in [6.45, 7) is 18.7. The fourth-order valence-corrected chi connectivity index (χ4v) is 5.11. The quantitative estimate of drug-likeness (QED) is 0.427. The summed E-state index contributed by atoms with van der Waals surface area (Å²) in [5.41, 5.74) is 2.82. The van der Waals surface area contributed by atoms with Crippen molar-refractivity contribution in [3.63, 3.8) is 0 Å². The Morgan fingerprint density at radius 3 is 1.15 bits per heavy atom. The van der Waals surface area contributed by atoms with Gasteiger partial charge in [0.2, 0.25) is 6.71 Å². The lowest BCUT2D eigenvalue weighted by molar-refractivity contribution is 0.802. The van der Waals surface area contributed by atoms with Gasteiger partial charge in [-0.15, -0.1) is 23.5 Å². The first-order valence-electron chi connectivity index (χ1n) is 9.52. The molecule has 2 aromatic carbocycles. The molecule has 0 aliphatic heterocycles. The predicted octanol–water partition coefficient (Wildman–Crippen LogP) is 6.49. The molecule has 0 heterocycles. The second kappa shape index (κ2) is 8.48. The molecule has 2 aromatic rings. The van der Waals surface area contributed by atoms with Crippen molar-refractivity contribution in [2.24, 2.45) is 0 Å². The van der Waals surface area contributed by atoms with Gasteiger partial charge in [-0.25, -0.2) is 0 Å². The molecule has 0 atom stereocenters. The number of benzene rings is 2. The van der Waals surface area contributed by atoms with E-state index in [1.165, 1.54) is 20.7 Å². The molecule has 0 unspecified atom stereocenters. The van der Waals surface area contributed by atoms with Gasteiger partial charge >= 0.3 is 0 Å². The minimum absolute atomic E-state index is 0.250. The van der Waals surface area contributed by atoms with Crippen LogP contribution in [0.1, 0.15) is 55.4 Å². The Labute approximate surface area is 170 Å². The maximum Gasteiger partial charge on any atom is 0.211 e. The normalized spacial score (nSPS) is 12.5. The third-order valence-corrected chi connectivity index (χ3v) is 6.23. The fraction of sp³-hybridized carbons (Fsp3) is 0.478. The van der Waals surface area contributed by atoms with Crippen LogP contribution in [0, 0.1) is 0 Å². The van der Waals surface area contributed by atoms with Crippen LogP contribution in [0.25, 0.3) is 0 Å². The van der Waals surface area contributed by atoms with Crippen LogP contribution >= 0.6 is 23.5 Å². The zero-order valence-corrected chi connectivity index (χ0v) is 19.2. The van der Waals surface area contributed by atoms with E-state index in [-0.39, 0.29) is 9.49 Å². The lowest BCUT2D eigenvalue weighted by Gasteiger charge is -2.22. The predicted molar refractivity (Wildman–Crippen MR) is 124 cm³/mol. The molecule has 0 amide bonds. The second-order valence-electron chi connectivity index (χ2n) is 9.29. The number of rotatable bonds is 5. The Balaban J connectivity index is 2.23. The molecule has 26 heavy (non-hydrogen) atoms. The van der Waals surface area contributed by atoms with Crippen LogP contribution in [0.2, 0.25) is 5.82 Å². The standard InChI is InChI=1S/C23H33BS2/c1-17(2)24(18-9-13-20(14-10-18)25-22(3,4)5)19-11-15-21(16-12-19)26-23(6,7)8/h9-17H,1-8H3. The van der Waals surface area contributed by atoms with E-state index in [0.29, 0.717) is 12.5 Å². The molecule has 0 nitrogen and oxygen atoms in total. The van der Waals surface area contributed by atoms with Crippen LogP contribution in [0.3, 0.4) is 0 Å². The van der Waals surface area contributed by atoms with Gasteiger partial charge in [-0.2, -0.15) is 0 Å². The number of hydrogen-bond acceptors (Lipinski definition) is 2. The number of thioether (sulfide) groups is 2. The van der Waals surface area contributed by atoms with E-state index in [1.807, 2.05) is 23.5 Å². The summed E-state index contributed by atoms with van der Waals surface area (Å²) < 4.78 is 0.499. The van der Waals surface area contributed by atoms with Gasteiger partial charge in [-0.3, -0.25) is 0 Å². The SMILES string of the molecule is CC(C)B(c1ccc(SC(C)(C)C)cc1)c1ccc(SC(C)(C)C)cc1. The molecule has 0 fully saturated rings. The molecule has 140 valence electrons. The smallest absolute Gasteiger partial charge is 0.120 e. The molecule has 0 radical (unpaired) electrons. The Kier molecular flexibility index (Phi) is 7.01. The third kappa shape index (κ3) is 6.74. The van der Waals surface area contributed by atoms with Gasteiger partial charge in [0.25, 0.3) is 0 Å². The van der Waals surface area contributed by atoms with Crippen LogP contribution in [-0.4, -0.2) is 16.2 Å². The van der Waals surface area contributed by atoms with Gasteiger partial charge in [0.05, 0.1) is 0 Å². The topological polar surface area (TPSA) is 0 Å². The Hall–Kier alpha value is -0.795. The lowest BCUT2D eigenvalue weighted by Crippen LogP contribution is -2.44. The van der Waals surface area contributed by atoms with Gasteiger partial charge in [-0.1, -0.05) is 96.4 Å². The van der Waals surface area contributed by atoms with Crippen LogP contribution in [0.5, 0.6) is 0 Å². The first-order chi connectivity index (χ1) is 11.9. The molecule has 0 aliphatic rings. The second-order valence-corrected chi connectivity index (χ2v) is 13.1. The molecule has 0 N–H and O–H groups in total. The summed E-state index contributed by atoms with van der Waals surface area (Å²) in [4.78, 5) is 2.70. The van der Waals surface area contributed by atoms with E-state index in [1.54, 1.807) is 0 Å². The Bertz CT molecular complexity index is 629. The van der Waals surface area contributed by atoms with Crippen LogP contribution in [0.4, 0.5) is 0 Å². The van der Waals surface area contributed by atoms with Crippen molar-refractivity contribution in [1.29, 1.82) is 0 Å².